The van der Waals surface area contributed by atoms with Crippen LogP contribution in [0.4, 0.5) is 0 Å². The van der Waals surface area contributed by atoms with Gasteiger partial charge in [0.2, 0.25) is 0 Å². The average Bonchev–Trinajstić information content (AvgIpc) is 2.74. The molecule has 0 aliphatic rings. The molecule has 1 aromatic heterocycles. The Bertz CT molecular complexity index is 933. The fourth-order valence-corrected chi connectivity index (χ4v) is 3.56. The summed E-state index contributed by atoms with van der Waals surface area (Å²) >= 11 is 0. The molecule has 4 heteroatoms. The average molecular weight is 392 g/mol. The van der Waals surface area contributed by atoms with Crippen molar-refractivity contribution >= 4 is 16.9 Å². The van der Waals surface area contributed by atoms with Crippen molar-refractivity contribution in [3.05, 3.63) is 71.9 Å². The molecular weight excluding hydrogens is 362 g/mol. The molecule has 0 saturated carbocycles. The molecule has 0 radical (unpaired) electrons. The lowest BCUT2D eigenvalue weighted by molar-refractivity contribution is -0.147. The van der Waals surface area contributed by atoms with Crippen LogP contribution in [0.25, 0.3) is 10.9 Å². The molecule has 0 fully saturated rings. The summed E-state index contributed by atoms with van der Waals surface area (Å²) in [7, 11) is 0. The van der Waals surface area contributed by atoms with E-state index < -0.39 is 0 Å². The van der Waals surface area contributed by atoms with Crippen molar-refractivity contribution in [1.29, 1.82) is 0 Å². The quantitative estimate of drug-likeness (QED) is 0.297. The van der Waals surface area contributed by atoms with Crippen molar-refractivity contribution in [3.8, 4) is 5.75 Å². The molecule has 152 valence electrons. The summed E-state index contributed by atoms with van der Waals surface area (Å²) in [6.07, 6.45) is 6.92. The third kappa shape index (κ3) is 5.80. The van der Waals surface area contributed by atoms with Gasteiger partial charge < -0.3 is 9.47 Å². The third-order valence-corrected chi connectivity index (χ3v) is 5.01. The van der Waals surface area contributed by atoms with Crippen LogP contribution in [0.3, 0.4) is 0 Å². The van der Waals surface area contributed by atoms with E-state index in [0.29, 0.717) is 6.61 Å². The largest absolute Gasteiger partial charge is 0.487 e. The molecule has 0 amide bonds. The summed E-state index contributed by atoms with van der Waals surface area (Å²) < 4.78 is 11.8. The van der Waals surface area contributed by atoms with Gasteiger partial charge in [0.05, 0.1) is 0 Å². The zero-order valence-corrected chi connectivity index (χ0v) is 17.3. The van der Waals surface area contributed by atoms with E-state index in [-0.39, 0.29) is 12.1 Å². The number of benzene rings is 2. The van der Waals surface area contributed by atoms with E-state index in [4.69, 9.17) is 9.47 Å². The number of para-hydroxylation sites is 1. The first-order chi connectivity index (χ1) is 14.2. The van der Waals surface area contributed by atoms with E-state index in [1.807, 2.05) is 54.6 Å². The fraction of sp³-hybridized carbons (Fsp3) is 0.360. The molecule has 0 N–H and O–H groups in total. The highest BCUT2D eigenvalue weighted by Crippen LogP contribution is 2.29. The number of unbranched alkanes of at least 4 members (excludes halogenated alkanes) is 3. The van der Waals surface area contributed by atoms with Gasteiger partial charge in [0.1, 0.15) is 24.0 Å². The molecule has 1 unspecified atom stereocenters. The van der Waals surface area contributed by atoms with E-state index in [1.54, 1.807) is 6.20 Å². The van der Waals surface area contributed by atoms with Gasteiger partial charge in [-0.3, -0.25) is 9.78 Å². The number of hydrogen-bond donors (Lipinski definition) is 0. The molecule has 3 rings (SSSR count). The third-order valence-electron chi connectivity index (χ3n) is 5.01. The van der Waals surface area contributed by atoms with Crippen LogP contribution in [0, 0.1) is 0 Å². The van der Waals surface area contributed by atoms with E-state index in [0.717, 1.165) is 47.0 Å². The fourth-order valence-electron chi connectivity index (χ4n) is 3.56. The Labute approximate surface area is 172 Å². The summed E-state index contributed by atoms with van der Waals surface area (Å²) in [4.78, 5) is 16.1. The first kappa shape index (κ1) is 20.8. The summed E-state index contributed by atoms with van der Waals surface area (Å²) in [5.41, 5.74) is 2.90. The lowest BCUT2D eigenvalue weighted by Crippen LogP contribution is -2.12. The summed E-state index contributed by atoms with van der Waals surface area (Å²) in [6.45, 7) is 4.07. The zero-order chi connectivity index (χ0) is 20.5. The van der Waals surface area contributed by atoms with E-state index in [9.17, 15) is 4.79 Å². The number of carbonyl (C=O) groups is 1. The predicted molar refractivity (Wildman–Crippen MR) is 116 cm³/mol. The van der Waals surface area contributed by atoms with Crippen LogP contribution < -0.4 is 4.74 Å². The van der Waals surface area contributed by atoms with Crippen LogP contribution in [0.1, 0.15) is 63.2 Å². The van der Waals surface area contributed by atoms with Crippen molar-refractivity contribution in [2.75, 3.05) is 0 Å². The van der Waals surface area contributed by atoms with Crippen LogP contribution in [0.15, 0.2) is 60.8 Å². The van der Waals surface area contributed by atoms with Gasteiger partial charge in [0.25, 0.3) is 0 Å². The number of esters is 1. The van der Waals surface area contributed by atoms with Gasteiger partial charge in [-0.05, 0) is 36.1 Å². The Kier molecular flexibility index (Phi) is 7.62. The highest BCUT2D eigenvalue weighted by Gasteiger charge is 2.18. The first-order valence-corrected chi connectivity index (χ1v) is 10.4. The van der Waals surface area contributed by atoms with Crippen molar-refractivity contribution in [3.63, 3.8) is 0 Å². The van der Waals surface area contributed by atoms with Gasteiger partial charge in [-0.15, -0.1) is 0 Å². The molecule has 0 bridgehead atoms. The van der Waals surface area contributed by atoms with Gasteiger partial charge in [0, 0.05) is 18.5 Å². The number of aromatic nitrogens is 1. The molecule has 29 heavy (non-hydrogen) atoms. The van der Waals surface area contributed by atoms with Gasteiger partial charge in [-0.1, -0.05) is 68.7 Å². The lowest BCUT2D eigenvalue weighted by Gasteiger charge is -2.21. The van der Waals surface area contributed by atoms with Crippen molar-refractivity contribution < 1.29 is 14.3 Å². The van der Waals surface area contributed by atoms with E-state index in [2.05, 4.69) is 11.9 Å². The number of rotatable bonds is 10. The van der Waals surface area contributed by atoms with Crippen LogP contribution >= 0.6 is 0 Å². The maximum atomic E-state index is 11.7. The Morgan fingerprint density at radius 3 is 2.66 bits per heavy atom. The number of pyridine rings is 1. The van der Waals surface area contributed by atoms with Crippen LogP contribution in [-0.2, 0) is 16.1 Å². The zero-order valence-electron chi connectivity index (χ0n) is 17.3. The number of ether oxygens (including phenoxy) is 2. The molecule has 1 heterocycles. The maximum absolute atomic E-state index is 11.7. The van der Waals surface area contributed by atoms with Crippen molar-refractivity contribution in [2.24, 2.45) is 0 Å². The number of fused-ring (bicyclic) bond motifs is 1. The summed E-state index contributed by atoms with van der Waals surface area (Å²) in [5.74, 6) is 0.504. The minimum atomic E-state index is -0.250. The Morgan fingerprint density at radius 1 is 1.00 bits per heavy atom. The molecule has 0 aliphatic carbocycles. The first-order valence-electron chi connectivity index (χ1n) is 10.4. The summed E-state index contributed by atoms with van der Waals surface area (Å²) in [6, 6.07) is 17.9. The van der Waals surface area contributed by atoms with Crippen LogP contribution in [0.5, 0.6) is 5.75 Å². The smallest absolute Gasteiger partial charge is 0.303 e. The normalized spacial score (nSPS) is 11.9. The molecular formula is C25H29NO3. The second kappa shape index (κ2) is 10.6. The highest BCUT2D eigenvalue weighted by molar-refractivity contribution is 5.84. The molecule has 3 aromatic rings. The Balaban J connectivity index is 1.78. The van der Waals surface area contributed by atoms with E-state index >= 15 is 0 Å². The molecule has 2 aromatic carbocycles. The Morgan fingerprint density at radius 2 is 1.83 bits per heavy atom. The van der Waals surface area contributed by atoms with Crippen molar-refractivity contribution in [2.45, 2.75) is 58.7 Å². The van der Waals surface area contributed by atoms with Crippen molar-refractivity contribution in [1.82, 2.24) is 4.98 Å². The van der Waals surface area contributed by atoms with Gasteiger partial charge in [-0.25, -0.2) is 0 Å². The minimum Gasteiger partial charge on any atom is -0.487 e. The van der Waals surface area contributed by atoms with Gasteiger partial charge in [-0.2, -0.15) is 0 Å². The minimum absolute atomic E-state index is 0.241. The maximum Gasteiger partial charge on any atom is 0.303 e. The van der Waals surface area contributed by atoms with E-state index in [1.165, 1.54) is 19.8 Å². The SMILES string of the molecule is CCCCCCC(OC(C)=O)c1ccccc1COc1cccc2cccnc12. The molecule has 1 atom stereocenters. The molecule has 0 saturated heterocycles. The van der Waals surface area contributed by atoms with Crippen LogP contribution in [-0.4, -0.2) is 11.0 Å². The topological polar surface area (TPSA) is 48.4 Å². The van der Waals surface area contributed by atoms with Gasteiger partial charge in [0.15, 0.2) is 0 Å². The molecule has 4 nitrogen and oxygen atoms in total. The number of carbonyl (C=O) groups excluding carboxylic acids is 1. The Hall–Kier alpha value is -2.88. The standard InChI is InChI=1S/C25H29NO3/c1-3-4-5-6-15-23(29-19(2)27)22-14-8-7-11-21(22)18-28-24-16-9-12-20-13-10-17-26-25(20)24/h7-14,16-17,23H,3-6,15,18H2,1-2H3. The predicted octanol–water partition coefficient (Wildman–Crippen LogP) is 6.39. The van der Waals surface area contributed by atoms with Gasteiger partial charge >= 0.3 is 5.97 Å². The molecule has 0 spiro atoms. The summed E-state index contributed by atoms with van der Waals surface area (Å²) in [5, 5.41) is 1.05. The monoisotopic (exact) mass is 391 g/mol. The number of nitrogens with zero attached hydrogens (tertiary/aromatic N) is 1. The second-order valence-corrected chi connectivity index (χ2v) is 7.27. The number of hydrogen-bond acceptors (Lipinski definition) is 4. The lowest BCUT2D eigenvalue weighted by atomic mass is 9.98. The highest BCUT2D eigenvalue weighted by atomic mass is 16.5. The van der Waals surface area contributed by atoms with Crippen LogP contribution in [0.2, 0.25) is 0 Å². The molecule has 0 aliphatic heterocycles. The second-order valence-electron chi connectivity index (χ2n) is 7.27.